The lowest BCUT2D eigenvalue weighted by Crippen LogP contribution is -2.26. The second-order valence-corrected chi connectivity index (χ2v) is 8.99. The van der Waals surface area contributed by atoms with Gasteiger partial charge in [-0.2, -0.15) is 0 Å². The largest absolute Gasteiger partial charge is 0.450 e. The van der Waals surface area contributed by atoms with Gasteiger partial charge < -0.3 is 14.8 Å². The first-order valence-corrected chi connectivity index (χ1v) is 13.2. The van der Waals surface area contributed by atoms with Crippen LogP contribution in [0.2, 0.25) is 0 Å². The second kappa shape index (κ2) is 24.5. The fourth-order valence-electron chi connectivity index (χ4n) is 3.62. The molecule has 0 saturated heterocycles. The first-order valence-electron chi connectivity index (χ1n) is 13.2. The van der Waals surface area contributed by atoms with Crippen molar-refractivity contribution in [3.05, 3.63) is 0 Å². The molecule has 0 aromatic rings. The van der Waals surface area contributed by atoms with Crippen LogP contribution in [0.3, 0.4) is 0 Å². The Kier molecular flexibility index (Phi) is 23.9. The molecule has 0 aliphatic carbocycles. The Hall–Kier alpha value is -0.770. The normalized spacial score (nSPS) is 11.2. The number of amides is 1. The fraction of sp³-hybridized carbons (Fsp3) is 0.962. The lowest BCUT2D eigenvalue weighted by Gasteiger charge is -2.09. The van der Waals surface area contributed by atoms with E-state index < -0.39 is 0 Å². The topological polar surface area (TPSA) is 47.6 Å². The highest BCUT2D eigenvalue weighted by Gasteiger charge is 2.01. The number of carbonyl (C=O) groups excluding carboxylic acids is 1. The smallest absolute Gasteiger partial charge is 0.407 e. The van der Waals surface area contributed by atoms with Gasteiger partial charge in [-0.15, -0.1) is 0 Å². The molecule has 180 valence electrons. The minimum atomic E-state index is -0.295. The number of alkyl carbamates (subject to hydrolysis) is 1. The van der Waals surface area contributed by atoms with Gasteiger partial charge in [-0.1, -0.05) is 110 Å². The lowest BCUT2D eigenvalue weighted by atomic mass is 10.0. The van der Waals surface area contributed by atoms with E-state index in [1.807, 2.05) is 13.8 Å². The van der Waals surface area contributed by atoms with E-state index >= 15 is 0 Å². The Bertz CT molecular complexity index is 347. The van der Waals surface area contributed by atoms with Crippen LogP contribution in [0.4, 0.5) is 4.79 Å². The lowest BCUT2D eigenvalue weighted by molar-refractivity contribution is 0.0765. The van der Waals surface area contributed by atoms with E-state index in [0.29, 0.717) is 19.8 Å². The van der Waals surface area contributed by atoms with E-state index in [1.165, 1.54) is 96.3 Å². The van der Waals surface area contributed by atoms with Crippen molar-refractivity contribution in [2.24, 2.45) is 0 Å². The number of hydrogen-bond acceptors (Lipinski definition) is 3. The van der Waals surface area contributed by atoms with Gasteiger partial charge in [-0.3, -0.25) is 0 Å². The van der Waals surface area contributed by atoms with Crippen molar-refractivity contribution < 1.29 is 14.3 Å². The number of ether oxygens (including phenoxy) is 2. The average Bonchev–Trinajstić information content (AvgIpc) is 2.72. The van der Waals surface area contributed by atoms with E-state index in [1.54, 1.807) is 0 Å². The van der Waals surface area contributed by atoms with Crippen LogP contribution in [0.25, 0.3) is 0 Å². The van der Waals surface area contributed by atoms with Gasteiger partial charge in [0.1, 0.15) is 0 Å². The maximum absolute atomic E-state index is 11.5. The quantitative estimate of drug-likeness (QED) is 0.167. The van der Waals surface area contributed by atoms with Gasteiger partial charge in [0.25, 0.3) is 0 Å². The molecule has 0 unspecified atom stereocenters. The van der Waals surface area contributed by atoms with Crippen LogP contribution in [0.5, 0.6) is 0 Å². The van der Waals surface area contributed by atoms with Gasteiger partial charge in [0, 0.05) is 13.2 Å². The van der Waals surface area contributed by atoms with Crippen LogP contribution < -0.4 is 5.32 Å². The van der Waals surface area contributed by atoms with Crippen LogP contribution in [-0.2, 0) is 9.47 Å². The van der Waals surface area contributed by atoms with Crippen LogP contribution >= 0.6 is 0 Å². The molecule has 0 aliphatic heterocycles. The molecule has 0 heterocycles. The summed E-state index contributed by atoms with van der Waals surface area (Å²) in [5, 5.41) is 2.77. The highest BCUT2D eigenvalue weighted by atomic mass is 16.5. The molecule has 0 aromatic heterocycles. The second-order valence-electron chi connectivity index (χ2n) is 8.99. The molecule has 0 rings (SSSR count). The van der Waals surface area contributed by atoms with Crippen molar-refractivity contribution in [1.29, 1.82) is 0 Å². The molecule has 0 fully saturated rings. The zero-order chi connectivity index (χ0) is 22.1. The molecule has 1 N–H and O–H groups in total. The number of rotatable bonds is 23. The van der Waals surface area contributed by atoms with E-state index in [9.17, 15) is 4.79 Å². The molecule has 0 atom stereocenters. The number of unbranched alkanes of at least 4 members (excludes halogenated alkanes) is 16. The van der Waals surface area contributed by atoms with E-state index in [-0.39, 0.29) is 12.2 Å². The Morgan fingerprint density at radius 2 is 1.07 bits per heavy atom. The van der Waals surface area contributed by atoms with Crippen LogP contribution in [0.15, 0.2) is 0 Å². The zero-order valence-corrected chi connectivity index (χ0v) is 20.7. The zero-order valence-electron chi connectivity index (χ0n) is 20.7. The van der Waals surface area contributed by atoms with Crippen molar-refractivity contribution in [2.75, 3.05) is 19.8 Å². The number of carbonyl (C=O) groups is 1. The minimum absolute atomic E-state index is 0.247. The summed E-state index contributed by atoms with van der Waals surface area (Å²) >= 11 is 0. The molecule has 30 heavy (non-hydrogen) atoms. The predicted molar refractivity (Wildman–Crippen MR) is 129 cm³/mol. The summed E-state index contributed by atoms with van der Waals surface area (Å²) in [6.07, 6.45) is 23.9. The SMILES string of the molecule is CCCCCCCCCCCCCCCCCCCOC(=O)NCCCOC(C)C. The summed E-state index contributed by atoms with van der Waals surface area (Å²) < 4.78 is 10.6. The molecular formula is C26H53NO3. The molecular weight excluding hydrogens is 374 g/mol. The third-order valence-electron chi connectivity index (χ3n) is 5.52. The van der Waals surface area contributed by atoms with Crippen molar-refractivity contribution in [1.82, 2.24) is 5.32 Å². The molecule has 0 aromatic carbocycles. The molecule has 4 nitrogen and oxygen atoms in total. The molecule has 0 bridgehead atoms. The third-order valence-corrected chi connectivity index (χ3v) is 5.52. The number of hydrogen-bond donors (Lipinski definition) is 1. The summed E-state index contributed by atoms with van der Waals surface area (Å²) in [5.41, 5.74) is 0. The molecule has 4 heteroatoms. The maximum Gasteiger partial charge on any atom is 0.407 e. The Morgan fingerprint density at radius 3 is 1.50 bits per heavy atom. The highest BCUT2D eigenvalue weighted by Crippen LogP contribution is 2.14. The fourth-order valence-corrected chi connectivity index (χ4v) is 3.62. The van der Waals surface area contributed by atoms with Gasteiger partial charge in [0.05, 0.1) is 12.7 Å². The monoisotopic (exact) mass is 427 g/mol. The summed E-state index contributed by atoms with van der Waals surface area (Å²) in [4.78, 5) is 11.5. The Morgan fingerprint density at radius 1 is 0.633 bits per heavy atom. The van der Waals surface area contributed by atoms with Crippen LogP contribution in [0.1, 0.15) is 136 Å². The Labute approximate surface area is 188 Å². The molecule has 0 radical (unpaired) electrons. The van der Waals surface area contributed by atoms with Gasteiger partial charge >= 0.3 is 6.09 Å². The summed E-state index contributed by atoms with van der Waals surface area (Å²) in [5.74, 6) is 0. The van der Waals surface area contributed by atoms with Gasteiger partial charge in [-0.05, 0) is 26.7 Å². The van der Waals surface area contributed by atoms with Gasteiger partial charge in [0.2, 0.25) is 0 Å². The summed E-state index contributed by atoms with van der Waals surface area (Å²) in [7, 11) is 0. The van der Waals surface area contributed by atoms with Crippen molar-refractivity contribution in [2.45, 2.75) is 142 Å². The average molecular weight is 428 g/mol. The van der Waals surface area contributed by atoms with E-state index in [0.717, 1.165) is 19.3 Å². The third kappa shape index (κ3) is 25.3. The van der Waals surface area contributed by atoms with Crippen molar-refractivity contribution in [3.63, 3.8) is 0 Å². The van der Waals surface area contributed by atoms with Crippen LogP contribution in [-0.4, -0.2) is 32.0 Å². The first-order chi connectivity index (χ1) is 14.7. The highest BCUT2D eigenvalue weighted by molar-refractivity contribution is 5.66. The maximum atomic E-state index is 11.5. The van der Waals surface area contributed by atoms with Crippen molar-refractivity contribution in [3.8, 4) is 0 Å². The van der Waals surface area contributed by atoms with Crippen LogP contribution in [0, 0.1) is 0 Å². The predicted octanol–water partition coefficient (Wildman–Crippen LogP) is 8.18. The molecule has 0 aliphatic rings. The van der Waals surface area contributed by atoms with Gasteiger partial charge in [-0.25, -0.2) is 4.79 Å². The van der Waals surface area contributed by atoms with E-state index in [4.69, 9.17) is 9.47 Å². The molecule has 0 saturated carbocycles. The molecule has 1 amide bonds. The van der Waals surface area contributed by atoms with E-state index in [2.05, 4.69) is 12.2 Å². The summed E-state index contributed by atoms with van der Waals surface area (Å²) in [6.45, 7) is 8.14. The summed E-state index contributed by atoms with van der Waals surface area (Å²) in [6, 6.07) is 0. The Balaban J connectivity index is 3.11. The standard InChI is InChI=1S/C26H53NO3/c1-4-5-6-7-8-9-10-11-12-13-14-15-16-17-18-19-20-23-30-26(28)27-22-21-24-29-25(2)3/h25H,4-24H2,1-3H3,(H,27,28). The number of nitrogens with one attached hydrogen (secondary N) is 1. The minimum Gasteiger partial charge on any atom is -0.450 e. The molecule has 0 spiro atoms. The van der Waals surface area contributed by atoms with Crippen molar-refractivity contribution >= 4 is 6.09 Å². The first kappa shape index (κ1) is 29.2. The van der Waals surface area contributed by atoms with Gasteiger partial charge in [0.15, 0.2) is 0 Å².